The zero-order chi connectivity index (χ0) is 8.27. The highest BCUT2D eigenvalue weighted by Gasteiger charge is 1.95. The predicted octanol–water partition coefficient (Wildman–Crippen LogP) is -0.524. The van der Waals surface area contributed by atoms with E-state index in [1.165, 1.54) is 0 Å². The number of aromatic amines is 1. The molecule has 0 fully saturated rings. The lowest BCUT2D eigenvalue weighted by atomic mass is 10.4. The van der Waals surface area contributed by atoms with Gasteiger partial charge in [-0.2, -0.15) is 9.97 Å². The summed E-state index contributed by atoms with van der Waals surface area (Å²) in [4.78, 5) is 20.2. The molecule has 0 atom stereocenters. The minimum absolute atomic E-state index is 0.00870. The van der Waals surface area contributed by atoms with Crippen LogP contribution in [0.1, 0.15) is 5.82 Å². The van der Waals surface area contributed by atoms with Crippen LogP contribution in [0.5, 0.6) is 0 Å². The first-order chi connectivity index (χ1) is 5.22. The SMILES string of the molecule is C=CCc1nc(N)nc(=O)[nH]1. The van der Waals surface area contributed by atoms with E-state index in [1.807, 2.05) is 0 Å². The van der Waals surface area contributed by atoms with E-state index in [1.54, 1.807) is 6.08 Å². The number of anilines is 1. The second-order valence-electron chi connectivity index (χ2n) is 1.95. The number of nitrogen functional groups attached to an aromatic ring is 1. The number of nitrogens with zero attached hydrogens (tertiary/aromatic N) is 2. The zero-order valence-corrected chi connectivity index (χ0v) is 5.87. The Morgan fingerprint density at radius 3 is 2.91 bits per heavy atom. The van der Waals surface area contributed by atoms with Crippen LogP contribution in [-0.2, 0) is 6.42 Å². The summed E-state index contributed by atoms with van der Waals surface area (Å²) in [5.74, 6) is 0.475. The van der Waals surface area contributed by atoms with Gasteiger partial charge in [-0.3, -0.25) is 4.98 Å². The Labute approximate surface area is 63.0 Å². The summed E-state index contributed by atoms with van der Waals surface area (Å²) in [7, 11) is 0. The maximum absolute atomic E-state index is 10.7. The van der Waals surface area contributed by atoms with E-state index >= 15 is 0 Å². The number of allylic oxidation sites excluding steroid dienone is 1. The van der Waals surface area contributed by atoms with Crippen LogP contribution >= 0.6 is 0 Å². The van der Waals surface area contributed by atoms with E-state index in [4.69, 9.17) is 5.73 Å². The Morgan fingerprint density at radius 2 is 2.36 bits per heavy atom. The minimum Gasteiger partial charge on any atom is -0.368 e. The molecular formula is C6H8N4O. The fraction of sp³-hybridized carbons (Fsp3) is 0.167. The molecule has 0 unspecified atom stereocenters. The first kappa shape index (κ1) is 7.46. The summed E-state index contributed by atoms with van der Waals surface area (Å²) in [6.45, 7) is 3.49. The molecule has 0 aliphatic carbocycles. The van der Waals surface area contributed by atoms with Crippen LogP contribution in [0.3, 0.4) is 0 Å². The number of rotatable bonds is 2. The third-order valence-electron chi connectivity index (χ3n) is 1.05. The van der Waals surface area contributed by atoms with Gasteiger partial charge in [-0.15, -0.1) is 6.58 Å². The second kappa shape index (κ2) is 2.96. The van der Waals surface area contributed by atoms with Crippen molar-refractivity contribution in [1.82, 2.24) is 15.0 Å². The summed E-state index contributed by atoms with van der Waals surface area (Å²) >= 11 is 0. The van der Waals surface area contributed by atoms with Crippen LogP contribution in [0.2, 0.25) is 0 Å². The van der Waals surface area contributed by atoms with E-state index < -0.39 is 5.69 Å². The van der Waals surface area contributed by atoms with Gasteiger partial charge in [0.15, 0.2) is 0 Å². The minimum atomic E-state index is -0.477. The average Bonchev–Trinajstić information content (AvgIpc) is 1.85. The van der Waals surface area contributed by atoms with Gasteiger partial charge in [0.2, 0.25) is 5.95 Å². The highest BCUT2D eigenvalue weighted by molar-refractivity contribution is 5.13. The molecule has 1 aromatic rings. The van der Waals surface area contributed by atoms with Gasteiger partial charge in [0, 0.05) is 6.42 Å². The molecule has 0 aliphatic rings. The quantitative estimate of drug-likeness (QED) is 0.558. The predicted molar refractivity (Wildman–Crippen MR) is 41.0 cm³/mol. The van der Waals surface area contributed by atoms with Crippen molar-refractivity contribution in [3.63, 3.8) is 0 Å². The molecule has 0 bridgehead atoms. The largest absolute Gasteiger partial charge is 0.368 e. The molecule has 0 saturated heterocycles. The molecule has 0 aromatic carbocycles. The molecule has 0 spiro atoms. The highest BCUT2D eigenvalue weighted by Crippen LogP contribution is 1.89. The highest BCUT2D eigenvalue weighted by atomic mass is 16.1. The van der Waals surface area contributed by atoms with E-state index in [2.05, 4.69) is 21.5 Å². The fourth-order valence-electron chi connectivity index (χ4n) is 0.680. The summed E-state index contributed by atoms with van der Waals surface area (Å²) in [5, 5.41) is 0. The molecule has 11 heavy (non-hydrogen) atoms. The molecule has 58 valence electrons. The van der Waals surface area contributed by atoms with E-state index in [0.717, 1.165) is 0 Å². The molecule has 1 aromatic heterocycles. The molecule has 5 nitrogen and oxygen atoms in total. The Kier molecular flexibility index (Phi) is 2.00. The van der Waals surface area contributed by atoms with Crippen molar-refractivity contribution in [3.8, 4) is 0 Å². The van der Waals surface area contributed by atoms with Gasteiger partial charge < -0.3 is 5.73 Å². The standard InChI is InChI=1S/C6H8N4O/c1-2-3-4-8-5(7)10-6(11)9-4/h2H,1,3H2,(H3,7,8,9,10,11). The number of hydrogen-bond acceptors (Lipinski definition) is 4. The summed E-state index contributed by atoms with van der Waals surface area (Å²) in [6.07, 6.45) is 2.11. The Balaban J connectivity index is 3.08. The van der Waals surface area contributed by atoms with Crippen molar-refractivity contribution in [2.24, 2.45) is 0 Å². The fourth-order valence-corrected chi connectivity index (χ4v) is 0.680. The van der Waals surface area contributed by atoms with Crippen LogP contribution in [0.25, 0.3) is 0 Å². The van der Waals surface area contributed by atoms with Crippen LogP contribution in [0.15, 0.2) is 17.4 Å². The number of H-pyrrole nitrogens is 1. The molecule has 1 heterocycles. The van der Waals surface area contributed by atoms with Crippen molar-refractivity contribution in [2.75, 3.05) is 5.73 Å². The number of aromatic nitrogens is 3. The Bertz CT molecular complexity index is 317. The number of nitrogens with one attached hydrogen (secondary N) is 1. The van der Waals surface area contributed by atoms with Crippen LogP contribution in [0.4, 0.5) is 5.95 Å². The van der Waals surface area contributed by atoms with Crippen molar-refractivity contribution < 1.29 is 0 Å². The van der Waals surface area contributed by atoms with Gasteiger partial charge in [0.1, 0.15) is 5.82 Å². The molecule has 5 heteroatoms. The number of nitrogens with two attached hydrogens (primary N) is 1. The van der Waals surface area contributed by atoms with Gasteiger partial charge in [0.25, 0.3) is 0 Å². The molecule has 0 saturated carbocycles. The van der Waals surface area contributed by atoms with E-state index in [0.29, 0.717) is 12.2 Å². The molecule has 1 rings (SSSR count). The molecule has 0 amide bonds. The molecule has 0 aliphatic heterocycles. The van der Waals surface area contributed by atoms with Gasteiger partial charge >= 0.3 is 5.69 Å². The van der Waals surface area contributed by atoms with Gasteiger partial charge in [0.05, 0.1) is 0 Å². The lowest BCUT2D eigenvalue weighted by Crippen LogP contribution is -2.17. The summed E-state index contributed by atoms with van der Waals surface area (Å²) < 4.78 is 0. The van der Waals surface area contributed by atoms with Gasteiger partial charge in [-0.05, 0) is 0 Å². The van der Waals surface area contributed by atoms with Crippen LogP contribution in [-0.4, -0.2) is 15.0 Å². The first-order valence-electron chi connectivity index (χ1n) is 3.06. The monoisotopic (exact) mass is 152 g/mol. The summed E-state index contributed by atoms with van der Waals surface area (Å²) in [6, 6.07) is 0. The smallest absolute Gasteiger partial charge is 0.349 e. The van der Waals surface area contributed by atoms with Crippen LogP contribution < -0.4 is 11.4 Å². The first-order valence-corrected chi connectivity index (χ1v) is 3.06. The molecule has 0 radical (unpaired) electrons. The normalized spacial score (nSPS) is 9.45. The van der Waals surface area contributed by atoms with E-state index in [-0.39, 0.29) is 5.95 Å². The Morgan fingerprint density at radius 1 is 1.64 bits per heavy atom. The van der Waals surface area contributed by atoms with Crippen molar-refractivity contribution in [2.45, 2.75) is 6.42 Å². The maximum atomic E-state index is 10.7. The molecule has 3 N–H and O–H groups in total. The average molecular weight is 152 g/mol. The van der Waals surface area contributed by atoms with Crippen molar-refractivity contribution in [3.05, 3.63) is 29.0 Å². The molecular weight excluding hydrogens is 144 g/mol. The maximum Gasteiger partial charge on any atom is 0.349 e. The second-order valence-corrected chi connectivity index (χ2v) is 1.95. The van der Waals surface area contributed by atoms with Crippen LogP contribution in [0, 0.1) is 0 Å². The van der Waals surface area contributed by atoms with Crippen molar-refractivity contribution in [1.29, 1.82) is 0 Å². The lowest BCUT2D eigenvalue weighted by molar-refractivity contribution is 0.905. The van der Waals surface area contributed by atoms with Gasteiger partial charge in [-0.1, -0.05) is 6.08 Å². The third kappa shape index (κ3) is 1.89. The van der Waals surface area contributed by atoms with Gasteiger partial charge in [-0.25, -0.2) is 4.79 Å². The van der Waals surface area contributed by atoms with E-state index in [9.17, 15) is 4.79 Å². The number of hydrogen-bond donors (Lipinski definition) is 2. The lowest BCUT2D eigenvalue weighted by Gasteiger charge is -1.94. The van der Waals surface area contributed by atoms with Crippen molar-refractivity contribution >= 4 is 5.95 Å². The Hall–Kier alpha value is -1.65. The third-order valence-corrected chi connectivity index (χ3v) is 1.05. The topological polar surface area (TPSA) is 84.7 Å². The summed E-state index contributed by atoms with van der Waals surface area (Å²) in [5.41, 5.74) is 4.74. The zero-order valence-electron chi connectivity index (χ0n) is 5.87.